The number of carboxylic acids is 1. The third kappa shape index (κ3) is 7.00. The molecule has 1 aliphatic heterocycles. The van der Waals surface area contributed by atoms with E-state index in [2.05, 4.69) is 25.8 Å². The van der Waals surface area contributed by atoms with Crippen molar-refractivity contribution in [3.8, 4) is 22.8 Å². The van der Waals surface area contributed by atoms with E-state index in [0.717, 1.165) is 29.4 Å². The second-order valence-corrected chi connectivity index (χ2v) is 15.5. The van der Waals surface area contributed by atoms with Crippen molar-refractivity contribution in [2.24, 2.45) is 11.3 Å². The number of carbonyl (C=O) groups is 1. The maximum absolute atomic E-state index is 15.6. The Morgan fingerprint density at radius 3 is 2.71 bits per heavy atom. The number of H-pyrrole nitrogens is 1. The van der Waals surface area contributed by atoms with Crippen LogP contribution in [0.4, 0.5) is 8.78 Å². The summed E-state index contributed by atoms with van der Waals surface area (Å²) in [5, 5.41) is 15.2. The predicted molar refractivity (Wildman–Crippen MR) is 185 cm³/mol. The number of halogens is 2. The highest BCUT2D eigenvalue weighted by Crippen LogP contribution is 2.39. The molecule has 10 heteroatoms. The molecule has 1 aliphatic rings. The fourth-order valence-corrected chi connectivity index (χ4v) is 8.37. The number of carboxylic acid groups (broad SMARTS) is 1. The van der Waals surface area contributed by atoms with Gasteiger partial charge < -0.3 is 19.4 Å². The van der Waals surface area contributed by atoms with Crippen molar-refractivity contribution >= 4 is 28.0 Å². The summed E-state index contributed by atoms with van der Waals surface area (Å²) in [5.74, 6) is -1.33. The number of aryl methyl sites for hydroxylation is 1. The summed E-state index contributed by atoms with van der Waals surface area (Å²) in [5.41, 5.74) is 2.83. The van der Waals surface area contributed by atoms with Crippen LogP contribution in [0.15, 0.2) is 73.1 Å². The van der Waals surface area contributed by atoms with Gasteiger partial charge >= 0.3 is 5.97 Å². The Labute approximate surface area is 282 Å². The minimum absolute atomic E-state index is 0.0345. The van der Waals surface area contributed by atoms with Crippen molar-refractivity contribution in [2.75, 3.05) is 11.5 Å². The molecule has 3 aromatic carbocycles. The highest BCUT2D eigenvalue weighted by Gasteiger charge is 2.33. The molecule has 3 heterocycles. The van der Waals surface area contributed by atoms with Crippen LogP contribution in [0.5, 0.6) is 11.5 Å². The van der Waals surface area contributed by atoms with Gasteiger partial charge in [-0.25, -0.2) is 8.78 Å². The zero-order valence-corrected chi connectivity index (χ0v) is 28.5. The van der Waals surface area contributed by atoms with Gasteiger partial charge in [-0.2, -0.15) is 5.10 Å². The third-order valence-electron chi connectivity index (χ3n) is 9.56. The van der Waals surface area contributed by atoms with E-state index in [0.29, 0.717) is 47.5 Å². The van der Waals surface area contributed by atoms with Crippen molar-refractivity contribution in [2.45, 2.75) is 65.3 Å². The van der Waals surface area contributed by atoms with Crippen LogP contribution in [-0.2, 0) is 34.4 Å². The lowest BCUT2D eigenvalue weighted by Crippen LogP contribution is -2.33. The van der Waals surface area contributed by atoms with Crippen molar-refractivity contribution in [1.82, 2.24) is 14.8 Å². The van der Waals surface area contributed by atoms with Crippen LogP contribution in [0.3, 0.4) is 0 Å². The molecule has 2 aromatic heterocycles. The standard InChI is InChI=1S/C38H41F2N3O4S/c1-24(36(44)45)19-25-7-5-8-26(20-25)38(4)15-6-14-37(2,3)23-48(46)18-13-29-28-11-16-41-34(28)22-32(40)35(29)47-27-9-10-31(39)30(21-27)33-12-17-43(38)42-33/h5,7-12,16-17,20-22,24,41H,6,13-15,18-19,23H2,1-4H3,(H,44,45). The van der Waals surface area contributed by atoms with Crippen molar-refractivity contribution in [3.63, 3.8) is 0 Å². The first kappa shape index (κ1) is 33.7. The van der Waals surface area contributed by atoms with Gasteiger partial charge in [-0.15, -0.1) is 0 Å². The van der Waals surface area contributed by atoms with Gasteiger partial charge in [0.05, 0.1) is 17.2 Å². The third-order valence-corrected chi connectivity index (χ3v) is 11.3. The largest absolute Gasteiger partial charge is 0.616 e. The van der Waals surface area contributed by atoms with Gasteiger partial charge in [-0.05, 0) is 74.1 Å². The Morgan fingerprint density at radius 1 is 1.10 bits per heavy atom. The maximum atomic E-state index is 15.6. The second-order valence-electron chi connectivity index (χ2n) is 14.0. The first-order chi connectivity index (χ1) is 22.8. The molecule has 2 N–H and O–H groups in total. The van der Waals surface area contributed by atoms with Crippen LogP contribution in [0.1, 0.15) is 63.6 Å². The molecule has 4 bridgehead atoms. The molecule has 0 radical (unpaired) electrons. The molecule has 0 amide bonds. The Kier molecular flexibility index (Phi) is 9.42. The van der Waals surface area contributed by atoms with Crippen molar-refractivity contribution < 1.29 is 28.0 Å². The van der Waals surface area contributed by atoms with Crippen LogP contribution >= 0.6 is 0 Å². The van der Waals surface area contributed by atoms with Crippen LogP contribution in [0.25, 0.3) is 22.2 Å². The molecule has 0 saturated carbocycles. The second kappa shape index (κ2) is 13.4. The minimum atomic E-state index is -1.18. The molecule has 48 heavy (non-hydrogen) atoms. The molecule has 6 rings (SSSR count). The number of aromatic amines is 1. The zero-order chi connectivity index (χ0) is 34.2. The molecule has 0 spiro atoms. The fourth-order valence-electron chi connectivity index (χ4n) is 6.78. The van der Waals surface area contributed by atoms with Gasteiger partial charge in [0, 0.05) is 52.3 Å². The Balaban J connectivity index is 1.45. The molecule has 0 fully saturated rings. The smallest absolute Gasteiger partial charge is 0.306 e. The monoisotopic (exact) mass is 673 g/mol. The highest BCUT2D eigenvalue weighted by molar-refractivity contribution is 7.91. The number of aromatic nitrogens is 3. The van der Waals surface area contributed by atoms with E-state index in [1.165, 1.54) is 24.3 Å². The van der Waals surface area contributed by atoms with Crippen LogP contribution in [0, 0.1) is 23.0 Å². The normalized spacial score (nSPS) is 20.7. The summed E-state index contributed by atoms with van der Waals surface area (Å²) in [4.78, 5) is 14.7. The maximum Gasteiger partial charge on any atom is 0.306 e. The summed E-state index contributed by atoms with van der Waals surface area (Å²) >= 11 is -1.18. The molecule has 7 nitrogen and oxygen atoms in total. The Bertz CT molecular complexity index is 1950. The lowest BCUT2D eigenvalue weighted by atomic mass is 9.82. The molecule has 3 unspecified atom stereocenters. The van der Waals surface area contributed by atoms with Crippen LogP contribution < -0.4 is 4.74 Å². The Morgan fingerprint density at radius 2 is 1.92 bits per heavy atom. The van der Waals surface area contributed by atoms with Crippen molar-refractivity contribution in [3.05, 3.63) is 101 Å². The average molecular weight is 674 g/mol. The fraction of sp³-hybridized carbons (Fsp3) is 0.368. The molecule has 0 aliphatic carbocycles. The molecule has 5 aromatic rings. The summed E-state index contributed by atoms with van der Waals surface area (Å²) in [6.07, 6.45) is 6.58. The average Bonchev–Trinajstić information content (AvgIpc) is 3.71. The zero-order valence-electron chi connectivity index (χ0n) is 27.7. The summed E-state index contributed by atoms with van der Waals surface area (Å²) < 4.78 is 52.6. The van der Waals surface area contributed by atoms with E-state index in [1.54, 1.807) is 19.2 Å². The first-order valence-electron chi connectivity index (χ1n) is 16.3. The van der Waals surface area contributed by atoms with E-state index in [4.69, 9.17) is 9.84 Å². The molecule has 0 saturated heterocycles. The number of benzene rings is 3. The van der Waals surface area contributed by atoms with Crippen LogP contribution in [-0.4, -0.2) is 41.9 Å². The van der Waals surface area contributed by atoms with E-state index in [-0.39, 0.29) is 22.5 Å². The minimum Gasteiger partial charge on any atom is -0.616 e. The lowest BCUT2D eigenvalue weighted by molar-refractivity contribution is -0.141. The summed E-state index contributed by atoms with van der Waals surface area (Å²) in [6.45, 7) is 8.03. The van der Waals surface area contributed by atoms with Gasteiger partial charge in [0.15, 0.2) is 11.6 Å². The number of hydrogen-bond donors (Lipinski definition) is 2. The van der Waals surface area contributed by atoms with Gasteiger partial charge in [-0.3, -0.25) is 9.48 Å². The van der Waals surface area contributed by atoms with E-state index >= 15 is 8.78 Å². The summed E-state index contributed by atoms with van der Waals surface area (Å²) in [7, 11) is 0. The van der Waals surface area contributed by atoms with E-state index < -0.39 is 40.2 Å². The van der Waals surface area contributed by atoms with Gasteiger partial charge in [0.1, 0.15) is 23.1 Å². The van der Waals surface area contributed by atoms with E-state index in [1.807, 2.05) is 41.2 Å². The SMILES string of the molecule is CC(Cc1cccc(C2(C)CCCC(C)(C)C[S+]([O-])CCc3c(c(F)cc4[nH]ccc34)Oc3ccc(F)c(c3)-c3ccn2n3)c1)C(=O)O. The number of aliphatic carboxylic acids is 1. The molecule has 3 atom stereocenters. The number of hydrogen-bond acceptors (Lipinski definition) is 4. The van der Waals surface area contributed by atoms with Crippen molar-refractivity contribution in [1.29, 1.82) is 0 Å². The topological polar surface area (TPSA) is 103 Å². The number of rotatable bonds is 4. The van der Waals surface area contributed by atoms with Gasteiger partial charge in [0.25, 0.3) is 0 Å². The predicted octanol–water partition coefficient (Wildman–Crippen LogP) is 8.63. The number of ether oxygens (including phenoxy) is 1. The summed E-state index contributed by atoms with van der Waals surface area (Å²) in [6, 6.07) is 17.2. The van der Waals surface area contributed by atoms with E-state index in [9.17, 15) is 14.5 Å². The number of nitrogens with zero attached hydrogens (tertiary/aromatic N) is 2. The highest BCUT2D eigenvalue weighted by atomic mass is 32.2. The molecular weight excluding hydrogens is 632 g/mol. The number of fused-ring (bicyclic) bond motifs is 8. The Hall–Kier alpha value is -4.15. The molecule has 252 valence electrons. The number of nitrogens with one attached hydrogen (secondary N) is 1. The van der Waals surface area contributed by atoms with Crippen LogP contribution in [0.2, 0.25) is 0 Å². The first-order valence-corrected chi connectivity index (χ1v) is 17.8. The molecular formula is C38H41F2N3O4S. The quantitative estimate of drug-likeness (QED) is 0.186. The van der Waals surface area contributed by atoms with Gasteiger partial charge in [-0.1, -0.05) is 56.2 Å². The lowest BCUT2D eigenvalue weighted by Gasteiger charge is -2.33. The van der Waals surface area contributed by atoms with Gasteiger partial charge in [0.2, 0.25) is 0 Å².